The summed E-state index contributed by atoms with van der Waals surface area (Å²) in [6.07, 6.45) is -1.58. The highest BCUT2D eigenvalue weighted by Crippen LogP contribution is 2.36. The molecule has 3 aromatic rings. The zero-order chi connectivity index (χ0) is 25.5. The molecular formula is C22H20Cl2F3N5O3. The molecule has 2 N–H and O–H groups in total. The minimum absolute atomic E-state index is 0.0107. The largest absolute Gasteiger partial charge is 0.476 e. The van der Waals surface area contributed by atoms with Gasteiger partial charge in [-0.1, -0.05) is 23.2 Å². The Hall–Kier alpha value is -3.05. The van der Waals surface area contributed by atoms with Crippen molar-refractivity contribution in [1.29, 1.82) is 0 Å². The third kappa shape index (κ3) is 5.01. The Labute approximate surface area is 207 Å². The molecule has 0 amide bonds. The highest BCUT2D eigenvalue weighted by Gasteiger charge is 2.41. The Bertz CT molecular complexity index is 1360. The first-order valence-corrected chi connectivity index (χ1v) is 11.5. The van der Waals surface area contributed by atoms with Crippen molar-refractivity contribution in [3.05, 3.63) is 61.7 Å². The standard InChI is InChI=1S/C22H20Cl2F3N5O3/c1-11(28-14-5-6-15(24)29-17(14)21(34)35)13-9-12(23)10-32-18(13)30-19(31-7-3-2-4-8-31)16(20(32)33)22(25,26)27/h5-6,9-11,28H,2-4,7-8H2,1H3,(H,34,35)/t11-/m1/s1. The third-order valence-corrected chi connectivity index (χ3v) is 6.16. The van der Waals surface area contributed by atoms with Gasteiger partial charge in [-0.25, -0.2) is 14.8 Å². The number of aromatic nitrogens is 3. The van der Waals surface area contributed by atoms with Gasteiger partial charge in [0.15, 0.2) is 11.3 Å². The first-order valence-electron chi connectivity index (χ1n) is 10.7. The van der Waals surface area contributed by atoms with Gasteiger partial charge in [0.25, 0.3) is 5.56 Å². The van der Waals surface area contributed by atoms with E-state index in [1.54, 1.807) is 6.92 Å². The molecule has 4 heterocycles. The zero-order valence-corrected chi connectivity index (χ0v) is 19.9. The summed E-state index contributed by atoms with van der Waals surface area (Å²) < 4.78 is 42.8. The molecule has 0 aliphatic carbocycles. The van der Waals surface area contributed by atoms with Gasteiger partial charge in [-0.3, -0.25) is 9.20 Å². The van der Waals surface area contributed by atoms with Crippen LogP contribution in [0.3, 0.4) is 0 Å². The highest BCUT2D eigenvalue weighted by molar-refractivity contribution is 6.30. The predicted molar refractivity (Wildman–Crippen MR) is 126 cm³/mol. The topological polar surface area (TPSA) is 99.8 Å². The summed E-state index contributed by atoms with van der Waals surface area (Å²) in [7, 11) is 0. The van der Waals surface area contributed by atoms with E-state index in [-0.39, 0.29) is 27.2 Å². The summed E-state index contributed by atoms with van der Waals surface area (Å²) in [5.74, 6) is -1.74. The molecule has 0 radical (unpaired) electrons. The number of carbonyl (C=O) groups is 1. The van der Waals surface area contributed by atoms with Crippen LogP contribution in [0.4, 0.5) is 24.7 Å². The average Bonchev–Trinajstić information content (AvgIpc) is 2.79. The lowest BCUT2D eigenvalue weighted by atomic mass is 10.1. The Balaban J connectivity index is 1.90. The summed E-state index contributed by atoms with van der Waals surface area (Å²) in [6, 6.07) is 3.56. The monoisotopic (exact) mass is 529 g/mol. The van der Waals surface area contributed by atoms with E-state index in [1.165, 1.54) is 23.1 Å². The Morgan fingerprint density at radius 3 is 2.49 bits per heavy atom. The summed E-state index contributed by atoms with van der Waals surface area (Å²) in [6.45, 7) is 2.33. The lowest BCUT2D eigenvalue weighted by molar-refractivity contribution is -0.138. The lowest BCUT2D eigenvalue weighted by Gasteiger charge is -2.30. The van der Waals surface area contributed by atoms with Gasteiger partial charge in [-0.15, -0.1) is 0 Å². The van der Waals surface area contributed by atoms with Crippen molar-refractivity contribution in [2.45, 2.75) is 38.4 Å². The minimum Gasteiger partial charge on any atom is -0.476 e. The number of fused-ring (bicyclic) bond motifs is 1. The number of piperidine rings is 1. The maximum absolute atomic E-state index is 14.0. The van der Waals surface area contributed by atoms with Gasteiger partial charge in [0.05, 0.1) is 16.8 Å². The van der Waals surface area contributed by atoms with E-state index in [1.807, 2.05) is 0 Å². The molecule has 3 aromatic heterocycles. The fourth-order valence-electron chi connectivity index (χ4n) is 4.15. The van der Waals surface area contributed by atoms with Crippen LogP contribution >= 0.6 is 23.2 Å². The molecule has 186 valence electrons. The number of anilines is 2. The van der Waals surface area contributed by atoms with E-state index in [0.29, 0.717) is 31.5 Å². The van der Waals surface area contributed by atoms with Crippen LogP contribution in [0, 0.1) is 0 Å². The highest BCUT2D eigenvalue weighted by atomic mass is 35.5. The number of alkyl halides is 3. The predicted octanol–water partition coefficient (Wildman–Crippen LogP) is 5.28. The van der Waals surface area contributed by atoms with Crippen molar-refractivity contribution in [1.82, 2.24) is 14.4 Å². The van der Waals surface area contributed by atoms with E-state index >= 15 is 0 Å². The Morgan fingerprint density at radius 2 is 1.86 bits per heavy atom. The number of carboxylic acid groups (broad SMARTS) is 1. The van der Waals surface area contributed by atoms with Crippen molar-refractivity contribution in [2.24, 2.45) is 0 Å². The summed E-state index contributed by atoms with van der Waals surface area (Å²) >= 11 is 12.0. The zero-order valence-electron chi connectivity index (χ0n) is 18.4. The molecule has 4 rings (SSSR count). The van der Waals surface area contributed by atoms with Crippen LogP contribution in [-0.4, -0.2) is 38.5 Å². The second-order valence-electron chi connectivity index (χ2n) is 8.17. The van der Waals surface area contributed by atoms with Gasteiger partial charge in [0, 0.05) is 24.8 Å². The van der Waals surface area contributed by atoms with Crippen LogP contribution in [0.25, 0.3) is 5.65 Å². The number of halogens is 5. The molecular weight excluding hydrogens is 510 g/mol. The maximum Gasteiger partial charge on any atom is 0.425 e. The number of aromatic carboxylic acids is 1. The van der Waals surface area contributed by atoms with Crippen LogP contribution in [0.1, 0.15) is 53.8 Å². The van der Waals surface area contributed by atoms with E-state index in [9.17, 15) is 27.9 Å². The van der Waals surface area contributed by atoms with Crippen LogP contribution in [-0.2, 0) is 6.18 Å². The van der Waals surface area contributed by atoms with Gasteiger partial charge in [0.2, 0.25) is 0 Å². The summed E-state index contributed by atoms with van der Waals surface area (Å²) in [5.41, 5.74) is -2.56. The van der Waals surface area contributed by atoms with Crippen molar-refractivity contribution in [3.8, 4) is 0 Å². The van der Waals surface area contributed by atoms with Gasteiger partial charge in [0.1, 0.15) is 16.6 Å². The van der Waals surface area contributed by atoms with E-state index < -0.39 is 35.1 Å². The molecule has 8 nitrogen and oxygen atoms in total. The second-order valence-corrected chi connectivity index (χ2v) is 8.99. The molecule has 0 unspecified atom stereocenters. The molecule has 0 saturated carbocycles. The Morgan fingerprint density at radius 1 is 1.17 bits per heavy atom. The first-order chi connectivity index (χ1) is 16.5. The van der Waals surface area contributed by atoms with Crippen molar-refractivity contribution >= 4 is 46.3 Å². The average molecular weight is 530 g/mol. The number of hydrogen-bond acceptors (Lipinski definition) is 6. The lowest BCUT2D eigenvalue weighted by Crippen LogP contribution is -2.37. The number of carboxylic acids is 1. The Kier molecular flexibility index (Phi) is 6.83. The summed E-state index contributed by atoms with van der Waals surface area (Å²) in [5, 5.41) is 12.4. The first kappa shape index (κ1) is 25.1. The number of rotatable bonds is 5. The second kappa shape index (κ2) is 9.54. The van der Waals surface area contributed by atoms with Crippen LogP contribution in [0.5, 0.6) is 0 Å². The molecule has 35 heavy (non-hydrogen) atoms. The van der Waals surface area contributed by atoms with Crippen molar-refractivity contribution < 1.29 is 23.1 Å². The molecule has 1 atom stereocenters. The molecule has 0 bridgehead atoms. The number of nitrogens with zero attached hydrogens (tertiary/aromatic N) is 4. The molecule has 1 aliphatic rings. The molecule has 0 spiro atoms. The summed E-state index contributed by atoms with van der Waals surface area (Å²) in [4.78, 5) is 34.3. The van der Waals surface area contributed by atoms with E-state index in [0.717, 1.165) is 17.0 Å². The van der Waals surface area contributed by atoms with Gasteiger partial charge < -0.3 is 15.3 Å². The van der Waals surface area contributed by atoms with E-state index in [2.05, 4.69) is 15.3 Å². The quantitative estimate of drug-likeness (QED) is 0.434. The molecule has 13 heteroatoms. The third-order valence-electron chi connectivity index (χ3n) is 5.74. The molecule has 0 aromatic carbocycles. The van der Waals surface area contributed by atoms with Crippen LogP contribution < -0.4 is 15.8 Å². The van der Waals surface area contributed by atoms with Crippen LogP contribution in [0.15, 0.2) is 29.2 Å². The fourth-order valence-corrected chi connectivity index (χ4v) is 4.51. The molecule has 1 fully saturated rings. The van der Waals surface area contributed by atoms with E-state index in [4.69, 9.17) is 23.2 Å². The van der Waals surface area contributed by atoms with Gasteiger partial charge in [-0.05, 0) is 44.4 Å². The fraction of sp³-hybridized carbons (Fsp3) is 0.364. The van der Waals surface area contributed by atoms with Gasteiger partial charge in [-0.2, -0.15) is 13.2 Å². The smallest absolute Gasteiger partial charge is 0.425 e. The number of nitrogens with one attached hydrogen (secondary N) is 1. The number of hydrogen-bond donors (Lipinski definition) is 2. The normalized spacial score (nSPS) is 15.3. The SMILES string of the molecule is C[C@@H](Nc1ccc(Cl)nc1C(=O)O)c1cc(Cl)cn2c(=O)c(C(F)(F)F)c(N3CCCCC3)nc12. The van der Waals surface area contributed by atoms with Crippen molar-refractivity contribution in [3.63, 3.8) is 0 Å². The molecule has 1 aliphatic heterocycles. The van der Waals surface area contributed by atoms with Gasteiger partial charge >= 0.3 is 12.1 Å². The number of pyridine rings is 2. The van der Waals surface area contributed by atoms with Crippen LogP contribution in [0.2, 0.25) is 10.2 Å². The minimum atomic E-state index is -4.92. The maximum atomic E-state index is 14.0. The van der Waals surface area contributed by atoms with Crippen molar-refractivity contribution in [2.75, 3.05) is 23.3 Å². The molecule has 1 saturated heterocycles.